The molecule has 2 aromatic rings. The maximum Gasteiger partial charge on any atom is 0.126 e. The molecule has 2 heterocycles. The Morgan fingerprint density at radius 1 is 1.22 bits per heavy atom. The minimum absolute atomic E-state index is 0.388. The van der Waals surface area contributed by atoms with Crippen LogP contribution in [0, 0.1) is 0 Å². The third kappa shape index (κ3) is 2.06. The first-order valence-corrected chi connectivity index (χ1v) is 6.41. The van der Waals surface area contributed by atoms with Crippen LogP contribution in [0.4, 0.5) is 5.69 Å². The van der Waals surface area contributed by atoms with Crippen LogP contribution in [-0.4, -0.2) is 12.6 Å². The zero-order valence-corrected chi connectivity index (χ0v) is 10.5. The van der Waals surface area contributed by atoms with Crippen LogP contribution in [-0.2, 0) is 6.42 Å². The van der Waals surface area contributed by atoms with Crippen molar-refractivity contribution in [3.63, 3.8) is 0 Å². The second kappa shape index (κ2) is 4.73. The number of hydrogen-bond donors (Lipinski definition) is 0. The number of anilines is 1. The van der Waals surface area contributed by atoms with Gasteiger partial charge in [0.15, 0.2) is 0 Å². The molecular weight excluding hydrogens is 222 g/mol. The van der Waals surface area contributed by atoms with Gasteiger partial charge in [-0.2, -0.15) is 0 Å². The highest BCUT2D eigenvalue weighted by molar-refractivity contribution is 5.60. The van der Waals surface area contributed by atoms with Gasteiger partial charge < -0.3 is 9.32 Å². The van der Waals surface area contributed by atoms with Crippen molar-refractivity contribution >= 4 is 11.8 Å². The van der Waals surface area contributed by atoms with E-state index in [1.165, 1.54) is 11.3 Å². The summed E-state index contributed by atoms with van der Waals surface area (Å²) in [5, 5.41) is 0. The summed E-state index contributed by atoms with van der Waals surface area (Å²) < 4.78 is 5.31. The predicted molar refractivity (Wildman–Crippen MR) is 74.7 cm³/mol. The van der Waals surface area contributed by atoms with Gasteiger partial charge in [0.05, 0.1) is 6.26 Å². The first-order valence-electron chi connectivity index (χ1n) is 6.41. The molecule has 0 radical (unpaired) electrons. The predicted octanol–water partition coefficient (Wildman–Crippen LogP) is 3.74. The highest BCUT2D eigenvalue weighted by atomic mass is 16.3. The average molecular weight is 239 g/mol. The SMILES string of the molecule is C[C@H](/C=C/c1ccco1)N1CCc2ccccc21. The van der Waals surface area contributed by atoms with Gasteiger partial charge in [0.1, 0.15) is 5.76 Å². The van der Waals surface area contributed by atoms with E-state index in [1.54, 1.807) is 6.26 Å². The van der Waals surface area contributed by atoms with Crippen molar-refractivity contribution in [2.45, 2.75) is 19.4 Å². The van der Waals surface area contributed by atoms with E-state index in [-0.39, 0.29) is 0 Å². The van der Waals surface area contributed by atoms with Gasteiger partial charge in [-0.1, -0.05) is 24.3 Å². The number of furan rings is 1. The molecule has 0 aliphatic carbocycles. The van der Waals surface area contributed by atoms with Crippen LogP contribution in [0.15, 0.2) is 53.2 Å². The molecule has 18 heavy (non-hydrogen) atoms. The van der Waals surface area contributed by atoms with Gasteiger partial charge in [-0.05, 0) is 43.2 Å². The lowest BCUT2D eigenvalue weighted by molar-refractivity contribution is 0.556. The van der Waals surface area contributed by atoms with E-state index in [0.29, 0.717) is 6.04 Å². The number of para-hydroxylation sites is 1. The summed E-state index contributed by atoms with van der Waals surface area (Å²) >= 11 is 0. The molecule has 92 valence electrons. The number of nitrogens with zero attached hydrogens (tertiary/aromatic N) is 1. The molecule has 1 aliphatic rings. The summed E-state index contributed by atoms with van der Waals surface area (Å²) in [6.45, 7) is 3.32. The Bertz CT molecular complexity index is 542. The maximum atomic E-state index is 5.31. The first-order chi connectivity index (χ1) is 8.84. The molecule has 2 nitrogen and oxygen atoms in total. The van der Waals surface area contributed by atoms with Crippen molar-refractivity contribution in [2.24, 2.45) is 0 Å². The van der Waals surface area contributed by atoms with E-state index in [1.807, 2.05) is 18.2 Å². The number of rotatable bonds is 3. The van der Waals surface area contributed by atoms with Crippen molar-refractivity contribution in [1.29, 1.82) is 0 Å². The molecule has 0 unspecified atom stereocenters. The lowest BCUT2D eigenvalue weighted by Crippen LogP contribution is -2.29. The Hall–Kier alpha value is -1.96. The molecule has 0 saturated heterocycles. The van der Waals surface area contributed by atoms with E-state index >= 15 is 0 Å². The molecule has 0 amide bonds. The van der Waals surface area contributed by atoms with Gasteiger partial charge >= 0.3 is 0 Å². The van der Waals surface area contributed by atoms with E-state index < -0.39 is 0 Å². The molecule has 0 N–H and O–H groups in total. The molecule has 1 atom stereocenters. The fraction of sp³-hybridized carbons (Fsp3) is 0.250. The van der Waals surface area contributed by atoms with Crippen LogP contribution in [0.1, 0.15) is 18.2 Å². The summed E-state index contributed by atoms with van der Waals surface area (Å²) in [6.07, 6.45) is 7.09. The zero-order chi connectivity index (χ0) is 12.4. The summed E-state index contributed by atoms with van der Waals surface area (Å²) in [5.41, 5.74) is 2.82. The largest absolute Gasteiger partial charge is 0.465 e. The average Bonchev–Trinajstić information content (AvgIpc) is 3.05. The van der Waals surface area contributed by atoms with Gasteiger partial charge in [0.2, 0.25) is 0 Å². The molecule has 0 fully saturated rings. The summed E-state index contributed by atoms with van der Waals surface area (Å²) in [5.74, 6) is 0.911. The van der Waals surface area contributed by atoms with E-state index in [2.05, 4.69) is 42.2 Å². The van der Waals surface area contributed by atoms with Crippen molar-refractivity contribution < 1.29 is 4.42 Å². The lowest BCUT2D eigenvalue weighted by atomic mass is 10.1. The molecule has 3 rings (SSSR count). The third-order valence-corrected chi connectivity index (χ3v) is 3.50. The van der Waals surface area contributed by atoms with Crippen LogP contribution < -0.4 is 4.90 Å². The monoisotopic (exact) mass is 239 g/mol. The molecule has 0 bridgehead atoms. The van der Waals surface area contributed by atoms with Crippen LogP contribution in [0.2, 0.25) is 0 Å². The van der Waals surface area contributed by atoms with Crippen molar-refractivity contribution in [2.75, 3.05) is 11.4 Å². The Morgan fingerprint density at radius 3 is 2.94 bits per heavy atom. The Morgan fingerprint density at radius 2 is 2.11 bits per heavy atom. The second-order valence-electron chi connectivity index (χ2n) is 4.69. The molecule has 1 aromatic carbocycles. The van der Waals surface area contributed by atoms with Gasteiger partial charge in [-0.15, -0.1) is 0 Å². The second-order valence-corrected chi connectivity index (χ2v) is 4.69. The van der Waals surface area contributed by atoms with Crippen molar-refractivity contribution in [1.82, 2.24) is 0 Å². The molecular formula is C16H17NO. The normalized spacial score (nSPS) is 16.2. The van der Waals surface area contributed by atoms with E-state index in [0.717, 1.165) is 18.7 Å². The number of hydrogen-bond acceptors (Lipinski definition) is 2. The fourth-order valence-corrected chi connectivity index (χ4v) is 2.51. The lowest BCUT2D eigenvalue weighted by Gasteiger charge is -2.24. The quantitative estimate of drug-likeness (QED) is 0.811. The Kier molecular flexibility index (Phi) is 2.93. The Labute approximate surface area is 108 Å². The Balaban J connectivity index is 1.76. The van der Waals surface area contributed by atoms with Crippen LogP contribution in [0.5, 0.6) is 0 Å². The first kappa shape index (κ1) is 11.1. The summed E-state index contributed by atoms with van der Waals surface area (Å²) in [7, 11) is 0. The standard InChI is InChI=1S/C16H17NO/c1-13(8-9-15-6-4-12-18-15)17-11-10-14-5-2-3-7-16(14)17/h2-9,12-13H,10-11H2,1H3/b9-8+/t13-/m1/s1. The summed E-state index contributed by atoms with van der Waals surface area (Å²) in [6, 6.07) is 12.9. The molecule has 0 spiro atoms. The topological polar surface area (TPSA) is 16.4 Å². The fourth-order valence-electron chi connectivity index (χ4n) is 2.51. The summed E-state index contributed by atoms with van der Waals surface area (Å²) in [4.78, 5) is 2.44. The molecule has 1 aliphatic heterocycles. The molecule has 2 heteroatoms. The number of fused-ring (bicyclic) bond motifs is 1. The highest BCUT2D eigenvalue weighted by Gasteiger charge is 2.21. The van der Waals surface area contributed by atoms with Crippen molar-refractivity contribution in [3.8, 4) is 0 Å². The zero-order valence-electron chi connectivity index (χ0n) is 10.5. The third-order valence-electron chi connectivity index (χ3n) is 3.50. The van der Waals surface area contributed by atoms with Crippen molar-refractivity contribution in [3.05, 3.63) is 60.1 Å². The molecule has 1 aromatic heterocycles. The minimum Gasteiger partial charge on any atom is -0.465 e. The van der Waals surface area contributed by atoms with Crippen LogP contribution in [0.3, 0.4) is 0 Å². The smallest absolute Gasteiger partial charge is 0.126 e. The van der Waals surface area contributed by atoms with Gasteiger partial charge in [-0.3, -0.25) is 0 Å². The maximum absolute atomic E-state index is 5.31. The number of benzene rings is 1. The van der Waals surface area contributed by atoms with Gasteiger partial charge in [0.25, 0.3) is 0 Å². The van der Waals surface area contributed by atoms with Gasteiger partial charge in [-0.25, -0.2) is 0 Å². The van der Waals surface area contributed by atoms with E-state index in [4.69, 9.17) is 4.42 Å². The van der Waals surface area contributed by atoms with Gasteiger partial charge in [0, 0.05) is 18.3 Å². The highest BCUT2D eigenvalue weighted by Crippen LogP contribution is 2.29. The van der Waals surface area contributed by atoms with Crippen LogP contribution in [0.25, 0.3) is 6.08 Å². The van der Waals surface area contributed by atoms with E-state index in [9.17, 15) is 0 Å². The molecule has 0 saturated carbocycles. The minimum atomic E-state index is 0.388. The van der Waals surface area contributed by atoms with Crippen LogP contribution >= 0.6 is 0 Å².